The molecule has 1 heterocycles. The topological polar surface area (TPSA) is 51.2 Å². The van der Waals surface area contributed by atoms with Crippen LogP contribution in [0.3, 0.4) is 0 Å². The van der Waals surface area contributed by atoms with E-state index in [1.165, 1.54) is 11.3 Å². The molecule has 1 N–H and O–H groups in total. The third-order valence-electron chi connectivity index (χ3n) is 1.43. The van der Waals surface area contributed by atoms with Crippen LogP contribution in [0.15, 0.2) is 0 Å². The van der Waals surface area contributed by atoms with Crippen molar-refractivity contribution in [1.29, 1.82) is 0 Å². The standard InChI is InChI=1S/C10H15N2O2S/c1-5-7-6-11-8(15-7)12-9(13)14-10(2,3)4/h5H2,1-4H3,(H,11,12,13). The summed E-state index contributed by atoms with van der Waals surface area (Å²) in [5.74, 6) is 0. The molecular formula is C10H15N2O2S. The molecule has 0 fully saturated rings. The summed E-state index contributed by atoms with van der Waals surface area (Å²) < 4.78 is 5.09. The van der Waals surface area contributed by atoms with Gasteiger partial charge in [-0.15, -0.1) is 11.3 Å². The van der Waals surface area contributed by atoms with E-state index in [1.54, 1.807) is 0 Å². The lowest BCUT2D eigenvalue weighted by atomic mass is 10.2. The second-order valence-electron chi connectivity index (χ2n) is 4.03. The van der Waals surface area contributed by atoms with Gasteiger partial charge in [-0.3, -0.25) is 5.32 Å². The molecule has 1 amide bonds. The molecule has 0 aliphatic carbocycles. The van der Waals surface area contributed by atoms with Crippen LogP contribution in [0.2, 0.25) is 0 Å². The molecule has 0 aliphatic rings. The van der Waals surface area contributed by atoms with E-state index in [4.69, 9.17) is 4.74 Å². The van der Waals surface area contributed by atoms with Gasteiger partial charge in [0.05, 0.1) is 0 Å². The molecule has 0 saturated carbocycles. The Bertz CT molecular complexity index is 341. The van der Waals surface area contributed by atoms with Crippen molar-refractivity contribution in [1.82, 2.24) is 4.98 Å². The smallest absolute Gasteiger partial charge is 0.413 e. The number of carbonyl (C=O) groups excluding carboxylic acids is 1. The predicted molar refractivity (Wildman–Crippen MR) is 60.2 cm³/mol. The van der Waals surface area contributed by atoms with Crippen molar-refractivity contribution in [3.63, 3.8) is 0 Å². The first kappa shape index (κ1) is 12.0. The van der Waals surface area contributed by atoms with Gasteiger partial charge in [0.2, 0.25) is 0 Å². The number of nitrogens with zero attached hydrogens (tertiary/aromatic N) is 1. The van der Waals surface area contributed by atoms with E-state index in [1.807, 2.05) is 27.7 Å². The number of hydrogen-bond acceptors (Lipinski definition) is 4. The van der Waals surface area contributed by atoms with Gasteiger partial charge in [0, 0.05) is 4.88 Å². The van der Waals surface area contributed by atoms with Gasteiger partial charge in [0.15, 0.2) is 5.13 Å². The van der Waals surface area contributed by atoms with Crippen molar-refractivity contribution < 1.29 is 9.53 Å². The highest BCUT2D eigenvalue weighted by atomic mass is 32.1. The minimum Gasteiger partial charge on any atom is -0.444 e. The summed E-state index contributed by atoms with van der Waals surface area (Å²) in [7, 11) is 0. The average Bonchev–Trinajstić information content (AvgIpc) is 2.48. The van der Waals surface area contributed by atoms with Crippen LogP contribution in [0.5, 0.6) is 0 Å². The van der Waals surface area contributed by atoms with Crippen LogP contribution in [-0.2, 0) is 11.2 Å². The van der Waals surface area contributed by atoms with Gasteiger partial charge in [-0.25, -0.2) is 9.78 Å². The van der Waals surface area contributed by atoms with Crippen molar-refractivity contribution in [2.24, 2.45) is 0 Å². The second kappa shape index (κ2) is 4.61. The molecule has 0 atom stereocenters. The number of carbonyl (C=O) groups is 1. The molecule has 4 nitrogen and oxygen atoms in total. The van der Waals surface area contributed by atoms with Gasteiger partial charge in [0.25, 0.3) is 0 Å². The molecule has 0 aromatic carbocycles. The number of nitrogens with one attached hydrogen (secondary N) is 1. The Hall–Kier alpha value is -1.10. The molecule has 83 valence electrons. The summed E-state index contributed by atoms with van der Waals surface area (Å²) in [5, 5.41) is 3.10. The lowest BCUT2D eigenvalue weighted by molar-refractivity contribution is 0.0636. The number of ether oxygens (including phenoxy) is 1. The zero-order valence-electron chi connectivity index (χ0n) is 9.38. The van der Waals surface area contributed by atoms with E-state index in [9.17, 15) is 4.79 Å². The Morgan fingerprint density at radius 2 is 2.27 bits per heavy atom. The number of hydrogen-bond donors (Lipinski definition) is 1. The highest BCUT2D eigenvalue weighted by molar-refractivity contribution is 7.15. The number of aromatic nitrogens is 1. The summed E-state index contributed by atoms with van der Waals surface area (Å²) in [5.41, 5.74) is -0.487. The first-order valence-electron chi connectivity index (χ1n) is 4.78. The quantitative estimate of drug-likeness (QED) is 0.845. The third kappa shape index (κ3) is 4.29. The average molecular weight is 227 g/mol. The zero-order chi connectivity index (χ0) is 11.5. The van der Waals surface area contributed by atoms with Gasteiger partial charge < -0.3 is 4.74 Å². The molecule has 0 unspecified atom stereocenters. The van der Waals surface area contributed by atoms with E-state index < -0.39 is 11.7 Å². The van der Waals surface area contributed by atoms with Crippen LogP contribution in [0.25, 0.3) is 0 Å². The molecule has 15 heavy (non-hydrogen) atoms. The largest absolute Gasteiger partial charge is 0.444 e. The maximum Gasteiger partial charge on any atom is 0.413 e. The molecule has 1 radical (unpaired) electrons. The lowest BCUT2D eigenvalue weighted by Gasteiger charge is -2.18. The Morgan fingerprint density at radius 3 is 2.73 bits per heavy atom. The summed E-state index contributed by atoms with van der Waals surface area (Å²) in [6.07, 6.45) is 3.21. The minimum absolute atomic E-state index is 0.479. The Balaban J connectivity index is 2.51. The van der Waals surface area contributed by atoms with Crippen LogP contribution in [-0.4, -0.2) is 16.7 Å². The fourth-order valence-electron chi connectivity index (χ4n) is 0.871. The monoisotopic (exact) mass is 227 g/mol. The normalized spacial score (nSPS) is 11.2. The molecule has 1 aromatic heterocycles. The fraction of sp³-hybridized carbons (Fsp3) is 0.600. The first-order valence-corrected chi connectivity index (χ1v) is 5.59. The summed E-state index contributed by atoms with van der Waals surface area (Å²) in [6.45, 7) is 7.47. The maximum absolute atomic E-state index is 11.3. The van der Waals surface area contributed by atoms with Crippen LogP contribution in [0.1, 0.15) is 32.6 Å². The van der Waals surface area contributed by atoms with E-state index in [2.05, 4.69) is 16.5 Å². The van der Waals surface area contributed by atoms with Crippen LogP contribution >= 0.6 is 11.3 Å². The molecule has 0 spiro atoms. The van der Waals surface area contributed by atoms with E-state index in [0.717, 1.165) is 11.3 Å². The van der Waals surface area contributed by atoms with Crippen LogP contribution in [0, 0.1) is 6.20 Å². The van der Waals surface area contributed by atoms with Gasteiger partial charge >= 0.3 is 6.09 Å². The van der Waals surface area contributed by atoms with Gasteiger partial charge in [-0.1, -0.05) is 6.92 Å². The molecule has 0 bridgehead atoms. The van der Waals surface area contributed by atoms with Crippen LogP contribution in [0.4, 0.5) is 9.93 Å². The van der Waals surface area contributed by atoms with Crippen molar-refractivity contribution in [3.05, 3.63) is 11.1 Å². The van der Waals surface area contributed by atoms with Crippen LogP contribution < -0.4 is 5.32 Å². The van der Waals surface area contributed by atoms with Gasteiger partial charge in [-0.05, 0) is 27.2 Å². The molecule has 0 aliphatic heterocycles. The molecule has 0 saturated heterocycles. The number of rotatable bonds is 2. The van der Waals surface area contributed by atoms with E-state index >= 15 is 0 Å². The first-order chi connectivity index (χ1) is 6.90. The summed E-state index contributed by atoms with van der Waals surface area (Å²) in [4.78, 5) is 16.3. The maximum atomic E-state index is 11.3. The number of aryl methyl sites for hydroxylation is 1. The van der Waals surface area contributed by atoms with Crippen molar-refractivity contribution in [2.75, 3.05) is 5.32 Å². The highest BCUT2D eigenvalue weighted by Gasteiger charge is 2.17. The van der Waals surface area contributed by atoms with E-state index in [0.29, 0.717) is 5.13 Å². The minimum atomic E-state index is -0.487. The molecule has 5 heteroatoms. The summed E-state index contributed by atoms with van der Waals surface area (Å²) in [6, 6.07) is 0. The third-order valence-corrected chi connectivity index (χ3v) is 2.44. The SMILES string of the molecule is CCc1[c]nc(NC(=O)OC(C)(C)C)s1. The predicted octanol–water partition coefficient (Wildman–Crippen LogP) is 2.85. The number of thiazole rings is 1. The second-order valence-corrected chi connectivity index (χ2v) is 5.12. The molecular weight excluding hydrogens is 212 g/mol. The van der Waals surface area contributed by atoms with E-state index in [-0.39, 0.29) is 0 Å². The van der Waals surface area contributed by atoms with Crippen molar-refractivity contribution in [3.8, 4) is 0 Å². The molecule has 1 aromatic rings. The zero-order valence-corrected chi connectivity index (χ0v) is 10.2. The van der Waals surface area contributed by atoms with Gasteiger partial charge in [-0.2, -0.15) is 0 Å². The number of amides is 1. The molecule has 1 rings (SSSR count). The lowest BCUT2D eigenvalue weighted by Crippen LogP contribution is -2.27. The van der Waals surface area contributed by atoms with Crippen molar-refractivity contribution >= 4 is 22.6 Å². The Labute approximate surface area is 93.7 Å². The Kier molecular flexibility index (Phi) is 3.68. The summed E-state index contributed by atoms with van der Waals surface area (Å²) >= 11 is 1.41. The Morgan fingerprint density at radius 1 is 1.60 bits per heavy atom. The fourth-order valence-corrected chi connectivity index (χ4v) is 1.57. The number of anilines is 1. The highest BCUT2D eigenvalue weighted by Crippen LogP contribution is 2.18. The van der Waals surface area contributed by atoms with Crippen molar-refractivity contribution in [2.45, 2.75) is 39.7 Å². The van der Waals surface area contributed by atoms with Gasteiger partial charge in [0.1, 0.15) is 11.8 Å².